The number of piperazine rings is 1. The highest BCUT2D eigenvalue weighted by molar-refractivity contribution is 5.94. The quantitative estimate of drug-likeness (QED) is 0.470. The number of rotatable bonds is 5. The molecule has 3 aromatic rings. The van der Waals surface area contributed by atoms with E-state index in [9.17, 15) is 9.50 Å². The van der Waals surface area contributed by atoms with Crippen molar-refractivity contribution in [2.75, 3.05) is 37.7 Å². The lowest BCUT2D eigenvalue weighted by atomic mass is 9.93. The number of phenolic OH excluding ortho intramolecular Hbond substituents is 1. The Balaban J connectivity index is 1.15. The van der Waals surface area contributed by atoms with Crippen LogP contribution in [0.4, 0.5) is 14.6 Å². The molecule has 214 valence electrons. The monoisotopic (exact) mass is 559 g/mol. The predicted molar refractivity (Wildman–Crippen MR) is 152 cm³/mol. The Morgan fingerprint density at radius 1 is 1.10 bits per heavy atom. The standard InChI is InChI=1S/C32H35F2N5O2/c33-19-12-32(6-1-7-39(32)13-19)16-41-31-36-29-24(30(37-31)38-14-20-2-3-21(15-38)35-20)5-4-23(28(29)34)26-11-22(40)9-18-8-17-10-25(17)27(18)26/h4-5,9,11,17,19-21,25,35,40H,1-3,6-8,10,12-16H2/t17?,19-,20-,21+,25?,32+/m1/s1. The van der Waals surface area contributed by atoms with E-state index in [4.69, 9.17) is 9.72 Å². The van der Waals surface area contributed by atoms with Gasteiger partial charge < -0.3 is 20.1 Å². The summed E-state index contributed by atoms with van der Waals surface area (Å²) < 4.78 is 37.4. The molecule has 6 atom stereocenters. The van der Waals surface area contributed by atoms with Gasteiger partial charge in [0.15, 0.2) is 5.82 Å². The first-order valence-electron chi connectivity index (χ1n) is 15.3. The van der Waals surface area contributed by atoms with E-state index in [1.54, 1.807) is 6.07 Å². The molecule has 1 saturated carbocycles. The molecular formula is C32H35F2N5O2. The number of nitrogens with zero attached hydrogens (tertiary/aromatic N) is 4. The third kappa shape index (κ3) is 3.80. The molecule has 0 amide bonds. The molecule has 41 heavy (non-hydrogen) atoms. The Kier molecular flexibility index (Phi) is 5.23. The van der Waals surface area contributed by atoms with Gasteiger partial charge in [0, 0.05) is 49.1 Å². The summed E-state index contributed by atoms with van der Waals surface area (Å²) in [6.45, 7) is 3.23. The van der Waals surface area contributed by atoms with Crippen LogP contribution in [0.15, 0.2) is 24.3 Å². The Labute approximate surface area is 237 Å². The maximum Gasteiger partial charge on any atom is 0.319 e. The molecular weight excluding hydrogens is 524 g/mol. The van der Waals surface area contributed by atoms with Crippen molar-refractivity contribution < 1.29 is 18.6 Å². The number of hydrogen-bond donors (Lipinski definition) is 2. The Bertz CT molecular complexity index is 1570. The van der Waals surface area contributed by atoms with Crippen molar-refractivity contribution in [2.24, 2.45) is 5.92 Å². The summed E-state index contributed by atoms with van der Waals surface area (Å²) in [6.07, 6.45) is 5.85. The SMILES string of the molecule is Oc1cc2c(c(-c3ccc4c(N5C[C@H]6CC[C@@H](C5)N6)nc(OC[C@@]56CCCN5C[C@H](F)C6)nc4c3F)c1)C1CC1C2. The van der Waals surface area contributed by atoms with Gasteiger partial charge >= 0.3 is 6.01 Å². The molecule has 2 aliphatic carbocycles. The highest BCUT2D eigenvalue weighted by Gasteiger charge is 2.50. The number of aromatic hydroxyl groups is 1. The second-order valence-electron chi connectivity index (χ2n) is 13.4. The molecule has 5 fully saturated rings. The molecule has 0 radical (unpaired) electrons. The third-order valence-corrected chi connectivity index (χ3v) is 10.8. The van der Waals surface area contributed by atoms with Crippen molar-refractivity contribution in [3.63, 3.8) is 0 Å². The van der Waals surface area contributed by atoms with E-state index >= 15 is 4.39 Å². The summed E-state index contributed by atoms with van der Waals surface area (Å²) in [4.78, 5) is 14.0. The molecule has 2 unspecified atom stereocenters. The maximum atomic E-state index is 16.7. The summed E-state index contributed by atoms with van der Waals surface area (Å²) in [5.41, 5.74) is 3.45. The third-order valence-electron chi connectivity index (χ3n) is 10.8. The predicted octanol–water partition coefficient (Wildman–Crippen LogP) is 4.70. The van der Waals surface area contributed by atoms with Gasteiger partial charge in [0.2, 0.25) is 0 Å². The fourth-order valence-electron chi connectivity index (χ4n) is 8.89. The number of ether oxygens (including phenoxy) is 1. The van der Waals surface area contributed by atoms with Crippen LogP contribution in [0.3, 0.4) is 0 Å². The first-order valence-corrected chi connectivity index (χ1v) is 15.3. The van der Waals surface area contributed by atoms with Crippen LogP contribution < -0.4 is 15.0 Å². The minimum atomic E-state index is -0.849. The molecule has 1 aromatic heterocycles. The fourth-order valence-corrected chi connectivity index (χ4v) is 8.89. The number of aromatic nitrogens is 2. The van der Waals surface area contributed by atoms with Crippen molar-refractivity contribution in [3.8, 4) is 22.9 Å². The lowest BCUT2D eigenvalue weighted by molar-refractivity contribution is 0.107. The van der Waals surface area contributed by atoms with Crippen molar-refractivity contribution in [3.05, 3.63) is 41.2 Å². The van der Waals surface area contributed by atoms with Crippen LogP contribution in [0.2, 0.25) is 0 Å². The Hall–Kier alpha value is -3.04. The van der Waals surface area contributed by atoms with Crippen LogP contribution in [0.25, 0.3) is 22.0 Å². The normalized spacial score (nSPS) is 33.3. The van der Waals surface area contributed by atoms with Crippen LogP contribution in [0.1, 0.15) is 55.6 Å². The van der Waals surface area contributed by atoms with E-state index in [0.29, 0.717) is 60.3 Å². The summed E-state index contributed by atoms with van der Waals surface area (Å²) in [6, 6.07) is 8.25. The molecule has 4 saturated heterocycles. The molecule has 9 heteroatoms. The van der Waals surface area contributed by atoms with Crippen LogP contribution >= 0.6 is 0 Å². The highest BCUT2D eigenvalue weighted by atomic mass is 19.1. The van der Waals surface area contributed by atoms with Gasteiger partial charge in [0.25, 0.3) is 0 Å². The minimum absolute atomic E-state index is 0.154. The smallest absolute Gasteiger partial charge is 0.319 e. The lowest BCUT2D eigenvalue weighted by Gasteiger charge is -2.34. The van der Waals surface area contributed by atoms with Crippen LogP contribution in [-0.4, -0.2) is 76.6 Å². The van der Waals surface area contributed by atoms with Gasteiger partial charge in [-0.05, 0) is 91.8 Å². The Morgan fingerprint density at radius 2 is 1.95 bits per heavy atom. The van der Waals surface area contributed by atoms with E-state index in [0.717, 1.165) is 69.3 Å². The summed E-state index contributed by atoms with van der Waals surface area (Å²) in [5.74, 6) is 1.53. The van der Waals surface area contributed by atoms with Gasteiger partial charge in [-0.15, -0.1) is 0 Å². The first-order chi connectivity index (χ1) is 19.9. The van der Waals surface area contributed by atoms with E-state index in [-0.39, 0.29) is 22.8 Å². The number of alkyl halides is 1. The van der Waals surface area contributed by atoms with Gasteiger partial charge in [-0.2, -0.15) is 9.97 Å². The van der Waals surface area contributed by atoms with Gasteiger partial charge in [-0.25, -0.2) is 8.78 Å². The molecule has 6 aliphatic rings. The van der Waals surface area contributed by atoms with E-state index in [2.05, 4.69) is 20.1 Å². The second kappa shape index (κ2) is 8.74. The molecule has 2 aromatic carbocycles. The van der Waals surface area contributed by atoms with Crippen LogP contribution in [-0.2, 0) is 6.42 Å². The van der Waals surface area contributed by atoms with Crippen molar-refractivity contribution in [1.29, 1.82) is 0 Å². The van der Waals surface area contributed by atoms with Crippen LogP contribution in [0, 0.1) is 11.7 Å². The average molecular weight is 560 g/mol. The summed E-state index contributed by atoms with van der Waals surface area (Å²) >= 11 is 0. The van der Waals surface area contributed by atoms with Crippen molar-refractivity contribution >= 4 is 16.7 Å². The first kappa shape index (κ1) is 24.5. The van der Waals surface area contributed by atoms with E-state index in [1.807, 2.05) is 18.2 Å². The highest BCUT2D eigenvalue weighted by Crippen LogP contribution is 2.59. The van der Waals surface area contributed by atoms with Crippen molar-refractivity contribution in [2.45, 2.75) is 74.7 Å². The van der Waals surface area contributed by atoms with Gasteiger partial charge in [0.1, 0.15) is 29.9 Å². The number of anilines is 1. The zero-order valence-electron chi connectivity index (χ0n) is 23.1. The number of benzene rings is 2. The maximum absolute atomic E-state index is 16.7. The topological polar surface area (TPSA) is 73.8 Å². The van der Waals surface area contributed by atoms with Gasteiger partial charge in [-0.3, -0.25) is 4.90 Å². The zero-order chi connectivity index (χ0) is 27.5. The lowest BCUT2D eigenvalue weighted by Crippen LogP contribution is -2.51. The van der Waals surface area contributed by atoms with Gasteiger partial charge in [0.05, 0.1) is 5.54 Å². The molecule has 2 bridgehead atoms. The number of phenols is 1. The molecule has 2 N–H and O–H groups in total. The number of fused-ring (bicyclic) bond motifs is 7. The molecule has 4 aliphatic heterocycles. The van der Waals surface area contributed by atoms with Crippen LogP contribution in [0.5, 0.6) is 11.8 Å². The van der Waals surface area contributed by atoms with Gasteiger partial charge in [-0.1, -0.05) is 6.07 Å². The molecule has 7 nitrogen and oxygen atoms in total. The zero-order valence-corrected chi connectivity index (χ0v) is 23.1. The number of halogens is 2. The fraction of sp³-hybridized carbons (Fsp3) is 0.562. The molecule has 5 heterocycles. The number of nitrogens with one attached hydrogen (secondary N) is 1. The number of hydrogen-bond acceptors (Lipinski definition) is 7. The second-order valence-corrected chi connectivity index (χ2v) is 13.4. The summed E-state index contributed by atoms with van der Waals surface area (Å²) in [7, 11) is 0. The minimum Gasteiger partial charge on any atom is -0.508 e. The average Bonchev–Trinajstić information content (AvgIpc) is 3.19. The van der Waals surface area contributed by atoms with E-state index in [1.165, 1.54) is 5.56 Å². The summed E-state index contributed by atoms with van der Waals surface area (Å²) in [5, 5.41) is 14.9. The molecule has 9 rings (SSSR count). The molecule has 0 spiro atoms. The van der Waals surface area contributed by atoms with Crippen molar-refractivity contribution in [1.82, 2.24) is 20.2 Å². The van der Waals surface area contributed by atoms with E-state index < -0.39 is 12.0 Å². The largest absolute Gasteiger partial charge is 0.508 e. The Morgan fingerprint density at radius 3 is 2.80 bits per heavy atom.